The molecule has 0 aliphatic carbocycles. The van der Waals surface area contributed by atoms with Gasteiger partial charge in [0.1, 0.15) is 5.75 Å². The number of methoxy groups -OCH3 is 1. The maximum absolute atomic E-state index is 11.0. The molecule has 0 unspecified atom stereocenters. The molecule has 5 heteroatoms. The van der Waals surface area contributed by atoms with Crippen LogP contribution >= 0.6 is 0 Å². The average Bonchev–Trinajstić information content (AvgIpc) is 2.46. The summed E-state index contributed by atoms with van der Waals surface area (Å²) in [5.74, 6) is 0.556. The van der Waals surface area contributed by atoms with Crippen molar-refractivity contribution < 1.29 is 9.66 Å². The van der Waals surface area contributed by atoms with E-state index in [-0.39, 0.29) is 5.69 Å². The zero-order chi connectivity index (χ0) is 14.5. The molecule has 0 fully saturated rings. The summed E-state index contributed by atoms with van der Waals surface area (Å²) in [6.07, 6.45) is 1.48. The molecule has 0 heterocycles. The number of rotatable bonds is 4. The van der Waals surface area contributed by atoms with Gasteiger partial charge in [0.15, 0.2) is 0 Å². The third-order valence-corrected chi connectivity index (χ3v) is 2.82. The predicted molar refractivity (Wildman–Crippen MR) is 78.1 cm³/mol. The number of hydrogen-bond acceptors (Lipinski definition) is 4. The van der Waals surface area contributed by atoms with Gasteiger partial charge < -0.3 is 4.74 Å². The van der Waals surface area contributed by atoms with Gasteiger partial charge in [-0.15, -0.1) is 0 Å². The summed E-state index contributed by atoms with van der Waals surface area (Å²) in [4.78, 5) is 14.8. The molecule has 0 saturated carbocycles. The molecule has 0 aliphatic heterocycles. The van der Waals surface area contributed by atoms with E-state index in [4.69, 9.17) is 4.74 Å². The summed E-state index contributed by atoms with van der Waals surface area (Å²) < 4.78 is 5.07. The number of nitrogens with zero attached hydrogens (tertiary/aromatic N) is 2. The lowest BCUT2D eigenvalue weighted by Crippen LogP contribution is -1.95. The Labute approximate surface area is 116 Å². The van der Waals surface area contributed by atoms with Crippen molar-refractivity contribution in [1.82, 2.24) is 0 Å². The van der Waals surface area contributed by atoms with Crippen LogP contribution in [0.5, 0.6) is 5.75 Å². The Morgan fingerprint density at radius 2 is 1.90 bits per heavy atom. The van der Waals surface area contributed by atoms with E-state index in [1.165, 1.54) is 19.4 Å². The Morgan fingerprint density at radius 1 is 1.20 bits per heavy atom. The largest absolute Gasteiger partial charge is 0.497 e. The minimum atomic E-state index is -0.435. The predicted octanol–water partition coefficient (Wildman–Crippen LogP) is 3.66. The Balaban J connectivity index is 2.35. The van der Waals surface area contributed by atoms with E-state index in [2.05, 4.69) is 4.99 Å². The van der Waals surface area contributed by atoms with Gasteiger partial charge in [-0.3, -0.25) is 15.1 Å². The smallest absolute Gasteiger partial charge is 0.278 e. The Morgan fingerprint density at radius 3 is 2.50 bits per heavy atom. The number of aryl methyl sites for hydroxylation is 1. The standard InChI is InChI=1S/C15H14N2O3/c1-11-3-5-13(6-4-11)16-10-12-9-14(20-2)7-8-15(12)17(18)19/h3-10H,1-2H3/b16-10+. The minimum absolute atomic E-state index is 0.00154. The number of nitro groups is 1. The molecule has 102 valence electrons. The van der Waals surface area contributed by atoms with E-state index in [0.29, 0.717) is 11.3 Å². The maximum atomic E-state index is 11.0. The molecule has 2 aromatic carbocycles. The molecule has 0 amide bonds. The van der Waals surface area contributed by atoms with E-state index in [1.807, 2.05) is 31.2 Å². The molecule has 0 radical (unpaired) electrons. The summed E-state index contributed by atoms with van der Waals surface area (Å²) >= 11 is 0. The highest BCUT2D eigenvalue weighted by Crippen LogP contribution is 2.23. The first-order valence-corrected chi connectivity index (χ1v) is 6.03. The summed E-state index contributed by atoms with van der Waals surface area (Å²) in [7, 11) is 1.52. The van der Waals surface area contributed by atoms with E-state index >= 15 is 0 Å². The van der Waals surface area contributed by atoms with Crippen molar-refractivity contribution in [2.45, 2.75) is 6.92 Å². The summed E-state index contributed by atoms with van der Waals surface area (Å²) in [5, 5.41) is 11.0. The van der Waals surface area contributed by atoms with E-state index in [1.54, 1.807) is 12.1 Å². The van der Waals surface area contributed by atoms with Crippen LogP contribution in [0.2, 0.25) is 0 Å². The molecular weight excluding hydrogens is 256 g/mol. The molecule has 0 atom stereocenters. The zero-order valence-electron chi connectivity index (χ0n) is 11.2. The second-order valence-electron chi connectivity index (χ2n) is 4.28. The molecule has 0 N–H and O–H groups in total. The van der Waals surface area contributed by atoms with Gasteiger partial charge in [0.2, 0.25) is 0 Å². The van der Waals surface area contributed by atoms with Crippen molar-refractivity contribution in [1.29, 1.82) is 0 Å². The van der Waals surface area contributed by atoms with Crippen molar-refractivity contribution in [2.75, 3.05) is 7.11 Å². The van der Waals surface area contributed by atoms with Crippen LogP contribution in [0.25, 0.3) is 0 Å². The molecule has 0 aliphatic rings. The Kier molecular flexibility index (Phi) is 4.10. The first-order chi connectivity index (χ1) is 9.60. The quantitative estimate of drug-likeness (QED) is 0.483. The zero-order valence-corrected chi connectivity index (χ0v) is 11.2. The third kappa shape index (κ3) is 3.20. The fourth-order valence-corrected chi connectivity index (χ4v) is 1.70. The molecule has 0 bridgehead atoms. The first kappa shape index (κ1) is 13.7. The molecule has 2 aromatic rings. The molecule has 0 saturated heterocycles. The number of hydrogen-bond donors (Lipinski definition) is 0. The van der Waals surface area contributed by atoms with Gasteiger partial charge in [-0.05, 0) is 31.2 Å². The first-order valence-electron chi connectivity index (χ1n) is 6.03. The maximum Gasteiger partial charge on any atom is 0.278 e. The van der Waals surface area contributed by atoms with Crippen LogP contribution in [0.15, 0.2) is 47.5 Å². The van der Waals surface area contributed by atoms with Gasteiger partial charge in [-0.1, -0.05) is 17.7 Å². The Bertz CT molecular complexity index is 649. The van der Waals surface area contributed by atoms with E-state index in [9.17, 15) is 10.1 Å². The third-order valence-electron chi connectivity index (χ3n) is 2.82. The minimum Gasteiger partial charge on any atom is -0.497 e. The monoisotopic (exact) mass is 270 g/mol. The van der Waals surface area contributed by atoms with Gasteiger partial charge >= 0.3 is 0 Å². The van der Waals surface area contributed by atoms with Crippen molar-refractivity contribution in [3.8, 4) is 5.75 Å². The highest BCUT2D eigenvalue weighted by molar-refractivity contribution is 5.87. The summed E-state index contributed by atoms with van der Waals surface area (Å²) in [5.41, 5.74) is 2.29. The topological polar surface area (TPSA) is 64.7 Å². The second-order valence-corrected chi connectivity index (χ2v) is 4.28. The van der Waals surface area contributed by atoms with Crippen LogP contribution in [-0.2, 0) is 0 Å². The molecule has 2 rings (SSSR count). The lowest BCUT2D eigenvalue weighted by molar-refractivity contribution is -0.385. The van der Waals surface area contributed by atoms with Crippen molar-refractivity contribution >= 4 is 17.6 Å². The highest BCUT2D eigenvalue weighted by Gasteiger charge is 2.12. The normalized spacial score (nSPS) is 10.7. The average molecular weight is 270 g/mol. The Hall–Kier alpha value is -2.69. The highest BCUT2D eigenvalue weighted by atomic mass is 16.6. The number of nitro benzene ring substituents is 1. The molecule has 0 aromatic heterocycles. The van der Waals surface area contributed by atoms with Crippen LogP contribution in [0.4, 0.5) is 11.4 Å². The van der Waals surface area contributed by atoms with Crippen LogP contribution in [0.1, 0.15) is 11.1 Å². The van der Waals surface area contributed by atoms with Gasteiger partial charge in [0, 0.05) is 12.3 Å². The van der Waals surface area contributed by atoms with Crippen molar-refractivity contribution in [3.05, 3.63) is 63.7 Å². The molecule has 5 nitrogen and oxygen atoms in total. The van der Waals surface area contributed by atoms with Gasteiger partial charge in [0.25, 0.3) is 5.69 Å². The van der Waals surface area contributed by atoms with Crippen LogP contribution in [0.3, 0.4) is 0 Å². The molecule has 20 heavy (non-hydrogen) atoms. The van der Waals surface area contributed by atoms with Crippen molar-refractivity contribution in [2.24, 2.45) is 4.99 Å². The SMILES string of the molecule is COc1ccc([N+](=O)[O-])c(/C=N/c2ccc(C)cc2)c1. The lowest BCUT2D eigenvalue weighted by atomic mass is 10.2. The second kappa shape index (κ2) is 5.97. The summed E-state index contributed by atoms with van der Waals surface area (Å²) in [6, 6.07) is 12.2. The van der Waals surface area contributed by atoms with E-state index < -0.39 is 4.92 Å². The van der Waals surface area contributed by atoms with Crippen LogP contribution in [0, 0.1) is 17.0 Å². The summed E-state index contributed by atoms with van der Waals surface area (Å²) in [6.45, 7) is 1.99. The molecule has 0 spiro atoms. The van der Waals surface area contributed by atoms with E-state index in [0.717, 1.165) is 11.3 Å². The van der Waals surface area contributed by atoms with Crippen LogP contribution in [-0.4, -0.2) is 18.2 Å². The number of ether oxygens (including phenoxy) is 1. The van der Waals surface area contributed by atoms with Gasteiger partial charge in [-0.25, -0.2) is 0 Å². The van der Waals surface area contributed by atoms with Gasteiger partial charge in [-0.2, -0.15) is 0 Å². The lowest BCUT2D eigenvalue weighted by Gasteiger charge is -2.02. The van der Waals surface area contributed by atoms with Crippen LogP contribution < -0.4 is 4.74 Å². The van der Waals surface area contributed by atoms with Gasteiger partial charge in [0.05, 0.1) is 23.3 Å². The van der Waals surface area contributed by atoms with Crippen molar-refractivity contribution in [3.63, 3.8) is 0 Å². The fourth-order valence-electron chi connectivity index (χ4n) is 1.70. The number of aliphatic imine (C=N–C) groups is 1. The molecular formula is C15H14N2O3. The number of benzene rings is 2. The fraction of sp³-hybridized carbons (Fsp3) is 0.133.